The average Bonchev–Trinajstić information content (AvgIpc) is 2.19. The van der Waals surface area contributed by atoms with Crippen LogP contribution < -0.4 is 5.32 Å². The quantitative estimate of drug-likeness (QED) is 0.668. The third-order valence-corrected chi connectivity index (χ3v) is 3.78. The zero-order chi connectivity index (χ0) is 11.3. The van der Waals surface area contributed by atoms with Gasteiger partial charge in [0, 0.05) is 54.5 Å². The summed E-state index contributed by atoms with van der Waals surface area (Å²) in [5, 5.41) is 12.9. The molecule has 1 aliphatic rings. The van der Waals surface area contributed by atoms with Gasteiger partial charge in [-0.1, -0.05) is 13.8 Å². The fourth-order valence-corrected chi connectivity index (χ4v) is 2.72. The number of nitrogens with zero attached hydrogens (tertiary/aromatic N) is 1. The van der Waals surface area contributed by atoms with Crippen LogP contribution in [0.25, 0.3) is 0 Å². The van der Waals surface area contributed by atoms with E-state index in [1.165, 1.54) is 0 Å². The molecule has 0 aromatic rings. The van der Waals surface area contributed by atoms with Gasteiger partial charge in [-0.3, -0.25) is 9.11 Å². The van der Waals surface area contributed by atoms with Gasteiger partial charge in [-0.15, -0.1) is 0 Å². The Balaban J connectivity index is 2.14. The molecule has 0 saturated carbocycles. The molecule has 0 spiro atoms. The van der Waals surface area contributed by atoms with Gasteiger partial charge in [0.2, 0.25) is 0 Å². The Kier molecular flexibility index (Phi) is 5.74. The summed E-state index contributed by atoms with van der Waals surface area (Å²) in [6.07, 6.45) is -0.320. The first-order valence-electron chi connectivity index (χ1n) is 5.56. The van der Waals surface area contributed by atoms with E-state index in [-0.39, 0.29) is 6.10 Å². The molecule has 1 heterocycles. The molecule has 2 N–H and O–H groups in total. The van der Waals surface area contributed by atoms with Crippen LogP contribution in [0.2, 0.25) is 0 Å². The summed E-state index contributed by atoms with van der Waals surface area (Å²) in [6, 6.07) is 0.411. The molecular weight excluding hydrogens is 212 g/mol. The van der Waals surface area contributed by atoms with Gasteiger partial charge < -0.3 is 10.4 Å². The van der Waals surface area contributed by atoms with Crippen molar-refractivity contribution in [3.05, 3.63) is 0 Å². The lowest BCUT2D eigenvalue weighted by Gasteiger charge is -2.28. The second-order valence-corrected chi connectivity index (χ2v) is 6.06. The predicted molar refractivity (Wildman–Crippen MR) is 63.5 cm³/mol. The molecule has 1 unspecified atom stereocenters. The standard InChI is InChI=1S/C10H22N2O2S/c1-9(2)11-7-10(13)8-12-3-5-15(14)6-4-12/h9-11,13H,3-8H2,1-2H3. The molecular formula is C10H22N2O2S. The first-order chi connectivity index (χ1) is 7.08. The normalized spacial score (nSPS) is 22.1. The van der Waals surface area contributed by atoms with Gasteiger partial charge in [0.15, 0.2) is 0 Å². The molecule has 0 aromatic carbocycles. The zero-order valence-electron chi connectivity index (χ0n) is 9.61. The van der Waals surface area contributed by atoms with Crippen molar-refractivity contribution in [3.8, 4) is 0 Å². The number of nitrogens with one attached hydrogen (secondary N) is 1. The highest BCUT2D eigenvalue weighted by molar-refractivity contribution is 7.85. The Hall–Kier alpha value is 0.0300. The van der Waals surface area contributed by atoms with E-state index < -0.39 is 10.8 Å². The maximum atomic E-state index is 11.1. The van der Waals surface area contributed by atoms with Gasteiger partial charge in [0.25, 0.3) is 0 Å². The van der Waals surface area contributed by atoms with E-state index in [0.29, 0.717) is 19.1 Å². The molecule has 5 heteroatoms. The molecule has 1 atom stereocenters. The minimum absolute atomic E-state index is 0.320. The lowest BCUT2D eigenvalue weighted by atomic mass is 10.3. The van der Waals surface area contributed by atoms with Crippen LogP contribution in [-0.4, -0.2) is 64.0 Å². The molecule has 1 saturated heterocycles. The highest BCUT2D eigenvalue weighted by Crippen LogP contribution is 2.01. The average molecular weight is 234 g/mol. The van der Waals surface area contributed by atoms with Gasteiger partial charge in [0.05, 0.1) is 6.10 Å². The Labute approximate surface area is 94.5 Å². The second-order valence-electron chi connectivity index (χ2n) is 4.37. The molecule has 1 aliphatic heterocycles. The second kappa shape index (κ2) is 6.58. The largest absolute Gasteiger partial charge is 0.390 e. The molecule has 15 heavy (non-hydrogen) atoms. The monoisotopic (exact) mass is 234 g/mol. The summed E-state index contributed by atoms with van der Waals surface area (Å²) in [5.74, 6) is 1.51. The van der Waals surface area contributed by atoms with E-state index in [1.54, 1.807) is 0 Å². The van der Waals surface area contributed by atoms with Crippen molar-refractivity contribution >= 4 is 10.8 Å². The van der Waals surface area contributed by atoms with Crippen molar-refractivity contribution in [2.75, 3.05) is 37.7 Å². The summed E-state index contributed by atoms with van der Waals surface area (Å²) >= 11 is 0. The SMILES string of the molecule is CC(C)NCC(O)CN1CCS(=O)CC1. The van der Waals surface area contributed by atoms with Crippen LogP contribution in [0.5, 0.6) is 0 Å². The predicted octanol–water partition coefficient (Wildman–Crippen LogP) is -0.590. The van der Waals surface area contributed by atoms with Crippen LogP contribution in [0.4, 0.5) is 0 Å². The van der Waals surface area contributed by atoms with Crippen LogP contribution in [0.1, 0.15) is 13.8 Å². The number of β-amino-alcohol motifs (C(OH)–C–C–N with tert-alkyl or cyclic N) is 1. The van der Waals surface area contributed by atoms with Gasteiger partial charge >= 0.3 is 0 Å². The van der Waals surface area contributed by atoms with Gasteiger partial charge in [-0.05, 0) is 0 Å². The number of hydrogen-bond donors (Lipinski definition) is 2. The van der Waals surface area contributed by atoms with Crippen molar-refractivity contribution < 1.29 is 9.32 Å². The van der Waals surface area contributed by atoms with Crippen LogP contribution in [0, 0.1) is 0 Å². The Morgan fingerprint density at radius 3 is 2.53 bits per heavy atom. The number of rotatable bonds is 5. The van der Waals surface area contributed by atoms with Gasteiger partial charge in [-0.2, -0.15) is 0 Å². The van der Waals surface area contributed by atoms with Gasteiger partial charge in [0.1, 0.15) is 0 Å². The topological polar surface area (TPSA) is 52.6 Å². The Morgan fingerprint density at radius 2 is 2.00 bits per heavy atom. The third kappa shape index (κ3) is 5.61. The first kappa shape index (κ1) is 13.1. The van der Waals surface area contributed by atoms with Crippen LogP contribution >= 0.6 is 0 Å². The van der Waals surface area contributed by atoms with E-state index in [1.807, 2.05) is 0 Å². The number of hydrogen-bond acceptors (Lipinski definition) is 4. The minimum Gasteiger partial charge on any atom is -0.390 e. The fraction of sp³-hybridized carbons (Fsp3) is 1.00. The number of aliphatic hydroxyl groups excluding tert-OH is 1. The molecule has 0 bridgehead atoms. The van der Waals surface area contributed by atoms with Crippen LogP contribution in [0.3, 0.4) is 0 Å². The van der Waals surface area contributed by atoms with Crippen molar-refractivity contribution in [1.82, 2.24) is 10.2 Å². The summed E-state index contributed by atoms with van der Waals surface area (Å²) < 4.78 is 11.1. The fourth-order valence-electron chi connectivity index (χ4n) is 1.59. The summed E-state index contributed by atoms with van der Waals surface area (Å²) in [4.78, 5) is 2.19. The Bertz CT molecular complexity index is 202. The van der Waals surface area contributed by atoms with Crippen molar-refractivity contribution in [2.45, 2.75) is 26.0 Å². The highest BCUT2D eigenvalue weighted by Gasteiger charge is 2.17. The van der Waals surface area contributed by atoms with Crippen molar-refractivity contribution in [3.63, 3.8) is 0 Å². The summed E-state index contributed by atoms with van der Waals surface area (Å²) in [7, 11) is -0.626. The van der Waals surface area contributed by atoms with E-state index in [4.69, 9.17) is 0 Å². The first-order valence-corrected chi connectivity index (χ1v) is 7.05. The van der Waals surface area contributed by atoms with Crippen LogP contribution in [0.15, 0.2) is 0 Å². The molecule has 0 aliphatic carbocycles. The third-order valence-electron chi connectivity index (χ3n) is 2.50. The van der Waals surface area contributed by atoms with E-state index >= 15 is 0 Å². The Morgan fingerprint density at radius 1 is 1.40 bits per heavy atom. The lowest BCUT2D eigenvalue weighted by Crippen LogP contribution is -2.45. The van der Waals surface area contributed by atoms with Crippen LogP contribution in [-0.2, 0) is 10.8 Å². The molecule has 0 amide bonds. The maximum absolute atomic E-state index is 11.1. The maximum Gasteiger partial charge on any atom is 0.0791 e. The smallest absolute Gasteiger partial charge is 0.0791 e. The van der Waals surface area contributed by atoms with Crippen molar-refractivity contribution in [1.29, 1.82) is 0 Å². The molecule has 90 valence electrons. The lowest BCUT2D eigenvalue weighted by molar-refractivity contribution is 0.114. The molecule has 1 fully saturated rings. The highest BCUT2D eigenvalue weighted by atomic mass is 32.2. The van der Waals surface area contributed by atoms with Gasteiger partial charge in [-0.25, -0.2) is 0 Å². The minimum atomic E-state index is -0.626. The molecule has 4 nitrogen and oxygen atoms in total. The van der Waals surface area contributed by atoms with E-state index in [2.05, 4.69) is 24.1 Å². The molecule has 0 aromatic heterocycles. The van der Waals surface area contributed by atoms with E-state index in [9.17, 15) is 9.32 Å². The summed E-state index contributed by atoms with van der Waals surface area (Å²) in [6.45, 7) is 7.17. The number of aliphatic hydroxyl groups is 1. The van der Waals surface area contributed by atoms with E-state index in [0.717, 1.165) is 24.6 Å². The van der Waals surface area contributed by atoms with Crippen molar-refractivity contribution in [2.24, 2.45) is 0 Å². The summed E-state index contributed by atoms with van der Waals surface area (Å²) in [5.41, 5.74) is 0. The molecule has 1 rings (SSSR count). The molecule has 0 radical (unpaired) electrons. The zero-order valence-corrected chi connectivity index (χ0v) is 10.4.